The van der Waals surface area contributed by atoms with E-state index in [1.165, 1.54) is 11.8 Å². The van der Waals surface area contributed by atoms with Crippen LogP contribution in [0.5, 0.6) is 0 Å². The van der Waals surface area contributed by atoms with Gasteiger partial charge in [0.1, 0.15) is 6.54 Å². The van der Waals surface area contributed by atoms with Gasteiger partial charge >= 0.3 is 5.97 Å². The van der Waals surface area contributed by atoms with Crippen LogP contribution in [0.25, 0.3) is 0 Å². The van der Waals surface area contributed by atoms with Crippen LogP contribution in [-0.2, 0) is 14.3 Å². The minimum atomic E-state index is -0.400. The number of hydrogen-bond acceptors (Lipinski definition) is 3. The molecule has 0 aliphatic heterocycles. The Morgan fingerprint density at radius 2 is 2.05 bits per heavy atom. The van der Waals surface area contributed by atoms with Gasteiger partial charge in [0.2, 0.25) is 5.91 Å². The zero-order valence-corrected chi connectivity index (χ0v) is 14.1. The molecule has 4 heteroatoms. The molecule has 0 saturated heterocycles. The third-order valence-corrected chi connectivity index (χ3v) is 3.42. The van der Waals surface area contributed by atoms with E-state index in [0.29, 0.717) is 6.61 Å². The van der Waals surface area contributed by atoms with Gasteiger partial charge in [-0.2, -0.15) is 0 Å². The second-order valence-electron chi connectivity index (χ2n) is 5.29. The lowest BCUT2D eigenvalue weighted by atomic mass is 9.96. The molecule has 0 fully saturated rings. The van der Waals surface area contributed by atoms with Crippen molar-refractivity contribution < 1.29 is 14.3 Å². The van der Waals surface area contributed by atoms with Gasteiger partial charge in [-0.15, -0.1) is 0 Å². The number of rotatable bonds is 6. The number of carbonyl (C=O) groups is 2. The van der Waals surface area contributed by atoms with Crippen molar-refractivity contribution in [2.75, 3.05) is 18.1 Å². The Hall–Kier alpha value is -2.10. The van der Waals surface area contributed by atoms with E-state index in [0.717, 1.165) is 16.8 Å². The topological polar surface area (TPSA) is 46.6 Å². The summed E-state index contributed by atoms with van der Waals surface area (Å²) >= 11 is 0. The molecule has 22 heavy (non-hydrogen) atoms. The number of anilines is 1. The first kappa shape index (κ1) is 18.0. The fourth-order valence-corrected chi connectivity index (χ4v) is 2.38. The molecular weight excluding hydrogens is 278 g/mol. The molecule has 1 amide bonds. The smallest absolute Gasteiger partial charge is 0.326 e. The lowest BCUT2D eigenvalue weighted by Gasteiger charge is -2.25. The van der Waals surface area contributed by atoms with Crippen LogP contribution in [0.2, 0.25) is 0 Å². The van der Waals surface area contributed by atoms with E-state index in [9.17, 15) is 9.59 Å². The fourth-order valence-electron chi connectivity index (χ4n) is 2.38. The second kappa shape index (κ2) is 8.37. The lowest BCUT2D eigenvalue weighted by Crippen LogP contribution is -2.35. The summed E-state index contributed by atoms with van der Waals surface area (Å²) in [5, 5.41) is 0. The van der Waals surface area contributed by atoms with Gasteiger partial charge in [-0.1, -0.05) is 36.8 Å². The highest BCUT2D eigenvalue weighted by molar-refractivity contribution is 5.97. The normalized spacial score (nSPS) is 12.2. The van der Waals surface area contributed by atoms with Crippen molar-refractivity contribution in [2.24, 2.45) is 0 Å². The number of hydrogen-bond donors (Lipinski definition) is 0. The molecule has 0 radical (unpaired) electrons. The minimum absolute atomic E-state index is 0.0677. The predicted molar refractivity (Wildman–Crippen MR) is 89.1 cm³/mol. The maximum atomic E-state index is 12.0. The Kier molecular flexibility index (Phi) is 6.83. The van der Waals surface area contributed by atoms with Crippen molar-refractivity contribution in [1.82, 2.24) is 0 Å². The van der Waals surface area contributed by atoms with Crippen LogP contribution in [0, 0.1) is 6.92 Å². The Labute approximate surface area is 132 Å². The van der Waals surface area contributed by atoms with Gasteiger partial charge < -0.3 is 9.64 Å². The standard InChI is InChI=1S/C18H25NO3/c1-6-8-14(4)16-11-13(3)9-10-17(16)19(15(5)20)12-18(21)22-7-2/h6,8-11,14H,7,12H2,1-5H3. The molecule has 0 bridgehead atoms. The first-order chi connectivity index (χ1) is 10.4. The molecular formula is C18H25NO3. The highest BCUT2D eigenvalue weighted by Gasteiger charge is 2.21. The Bertz CT molecular complexity index is 563. The monoisotopic (exact) mass is 303 g/mol. The van der Waals surface area contributed by atoms with Crippen molar-refractivity contribution in [3.05, 3.63) is 41.5 Å². The molecule has 120 valence electrons. The molecule has 0 aromatic heterocycles. The van der Waals surface area contributed by atoms with Crippen LogP contribution in [0.3, 0.4) is 0 Å². The molecule has 1 unspecified atom stereocenters. The van der Waals surface area contributed by atoms with Crippen LogP contribution < -0.4 is 4.90 Å². The summed E-state index contributed by atoms with van der Waals surface area (Å²) < 4.78 is 4.97. The Morgan fingerprint density at radius 1 is 1.36 bits per heavy atom. The number of allylic oxidation sites excluding steroid dienone is 2. The number of amides is 1. The third kappa shape index (κ3) is 4.72. The first-order valence-electron chi connectivity index (χ1n) is 7.57. The molecule has 0 saturated carbocycles. The lowest BCUT2D eigenvalue weighted by molar-refractivity contribution is -0.142. The summed E-state index contributed by atoms with van der Waals surface area (Å²) in [7, 11) is 0. The van der Waals surface area contributed by atoms with Crippen molar-refractivity contribution in [3.8, 4) is 0 Å². The van der Waals surface area contributed by atoms with E-state index in [4.69, 9.17) is 4.74 Å². The molecule has 1 rings (SSSR count). The molecule has 4 nitrogen and oxygen atoms in total. The number of carbonyl (C=O) groups excluding carboxylic acids is 2. The fraction of sp³-hybridized carbons (Fsp3) is 0.444. The van der Waals surface area contributed by atoms with Crippen LogP contribution >= 0.6 is 0 Å². The van der Waals surface area contributed by atoms with Crippen molar-refractivity contribution in [1.29, 1.82) is 0 Å². The predicted octanol–water partition coefficient (Wildman–Crippen LogP) is 3.59. The SMILES string of the molecule is CC=CC(C)c1cc(C)ccc1N(CC(=O)OCC)C(C)=O. The van der Waals surface area contributed by atoms with Crippen LogP contribution in [0.1, 0.15) is 44.7 Å². The minimum Gasteiger partial charge on any atom is -0.465 e. The zero-order valence-electron chi connectivity index (χ0n) is 14.1. The van der Waals surface area contributed by atoms with Gasteiger partial charge in [-0.3, -0.25) is 9.59 Å². The quantitative estimate of drug-likeness (QED) is 0.596. The molecule has 0 aliphatic carbocycles. The molecule has 1 aromatic rings. The van der Waals surface area contributed by atoms with E-state index >= 15 is 0 Å². The molecule has 0 N–H and O–H groups in total. The Morgan fingerprint density at radius 3 is 2.59 bits per heavy atom. The summed E-state index contributed by atoms with van der Waals surface area (Å²) in [6.07, 6.45) is 4.06. The molecule has 0 aliphatic rings. The number of ether oxygens (including phenoxy) is 1. The van der Waals surface area contributed by atoms with Gasteiger partial charge in [0.25, 0.3) is 0 Å². The van der Waals surface area contributed by atoms with E-state index in [-0.39, 0.29) is 18.4 Å². The van der Waals surface area contributed by atoms with Gasteiger partial charge in [0.15, 0.2) is 0 Å². The van der Waals surface area contributed by atoms with Gasteiger partial charge in [0, 0.05) is 18.5 Å². The summed E-state index contributed by atoms with van der Waals surface area (Å²) in [4.78, 5) is 25.3. The number of esters is 1. The average molecular weight is 303 g/mol. The van der Waals surface area contributed by atoms with Crippen LogP contribution in [0.4, 0.5) is 5.69 Å². The second-order valence-corrected chi connectivity index (χ2v) is 5.29. The highest BCUT2D eigenvalue weighted by Crippen LogP contribution is 2.30. The number of nitrogens with zero attached hydrogens (tertiary/aromatic N) is 1. The number of aryl methyl sites for hydroxylation is 1. The Balaban J connectivity index is 3.24. The summed E-state index contributed by atoms with van der Waals surface area (Å²) in [5.41, 5.74) is 2.91. The largest absolute Gasteiger partial charge is 0.465 e. The molecule has 0 heterocycles. The summed E-state index contributed by atoms with van der Waals surface area (Å²) in [6.45, 7) is 9.50. The van der Waals surface area contributed by atoms with Crippen molar-refractivity contribution in [3.63, 3.8) is 0 Å². The maximum absolute atomic E-state index is 12.0. The zero-order chi connectivity index (χ0) is 16.7. The van der Waals surface area contributed by atoms with Crippen molar-refractivity contribution in [2.45, 2.75) is 40.5 Å². The molecule has 1 atom stereocenters. The van der Waals surface area contributed by atoms with Gasteiger partial charge in [-0.25, -0.2) is 0 Å². The molecule has 0 spiro atoms. The van der Waals surface area contributed by atoms with E-state index in [1.807, 2.05) is 32.1 Å². The van der Waals surface area contributed by atoms with Gasteiger partial charge in [-0.05, 0) is 32.4 Å². The highest BCUT2D eigenvalue weighted by atomic mass is 16.5. The summed E-state index contributed by atoms with van der Waals surface area (Å²) in [5.74, 6) is -0.419. The average Bonchev–Trinajstić information content (AvgIpc) is 2.45. The molecule has 1 aromatic carbocycles. The summed E-state index contributed by atoms with van der Waals surface area (Å²) in [6, 6.07) is 5.90. The first-order valence-corrected chi connectivity index (χ1v) is 7.57. The number of benzene rings is 1. The van der Waals surface area contributed by atoms with E-state index < -0.39 is 5.97 Å². The van der Waals surface area contributed by atoms with Gasteiger partial charge in [0.05, 0.1) is 6.61 Å². The van der Waals surface area contributed by atoms with Crippen LogP contribution in [-0.4, -0.2) is 25.0 Å². The van der Waals surface area contributed by atoms with E-state index in [2.05, 4.69) is 19.1 Å². The third-order valence-electron chi connectivity index (χ3n) is 3.42. The van der Waals surface area contributed by atoms with E-state index in [1.54, 1.807) is 6.92 Å². The van der Waals surface area contributed by atoms with Crippen molar-refractivity contribution >= 4 is 17.6 Å². The maximum Gasteiger partial charge on any atom is 0.326 e. The van der Waals surface area contributed by atoms with Crippen LogP contribution in [0.15, 0.2) is 30.4 Å².